The van der Waals surface area contributed by atoms with Gasteiger partial charge in [-0.2, -0.15) is 6.92 Å². The maximum Gasteiger partial charge on any atom is 0 e. The summed E-state index contributed by atoms with van der Waals surface area (Å²) in [5, 5.41) is 0. The Morgan fingerprint density at radius 2 is 2.00 bits per heavy atom. The normalized spacial score (nSPS) is 11.0. The van der Waals surface area contributed by atoms with E-state index in [-0.39, 0.29) is 71.5 Å². The monoisotopic (exact) mass is 279 g/mol. The molecule has 0 saturated heterocycles. The number of hydrogen-bond acceptors (Lipinski definition) is 2. The van der Waals surface area contributed by atoms with E-state index < -0.39 is 0 Å². The number of hydrogen-bond donors (Lipinski definition) is 1. The van der Waals surface area contributed by atoms with E-state index in [0.29, 0.717) is 0 Å². The van der Waals surface area contributed by atoms with Gasteiger partial charge in [0.25, 0.3) is 0 Å². The van der Waals surface area contributed by atoms with Crippen molar-refractivity contribution in [2.75, 3.05) is 0 Å². The summed E-state index contributed by atoms with van der Waals surface area (Å²) in [6.07, 6.45) is 0.0104. The molecule has 0 aromatic heterocycles. The minimum absolute atomic E-state index is 0. The van der Waals surface area contributed by atoms with Crippen LogP contribution in [-0.4, -0.2) is 6.10 Å². The first-order valence-corrected chi connectivity index (χ1v) is 2.29. The van der Waals surface area contributed by atoms with Gasteiger partial charge in [0.05, 0.1) is 0 Å². The molecule has 9 heavy (non-hydrogen) atoms. The number of hydroxylamine groups is 1. The van der Waals surface area contributed by atoms with Crippen LogP contribution in [0.2, 0.25) is 0 Å². The fourth-order valence-electron chi connectivity index (χ4n) is 0.184. The van der Waals surface area contributed by atoms with Gasteiger partial charge in [-0.3, -0.25) is 0 Å². The zero-order chi connectivity index (χ0) is 5.70. The largest absolute Gasteiger partial charge is 0.362 e. The van der Waals surface area contributed by atoms with Gasteiger partial charge in [-0.25, -0.2) is 6.54 Å². The molecule has 50 valence electrons. The summed E-state index contributed by atoms with van der Waals surface area (Å²) >= 11 is 0. The van der Waals surface area contributed by atoms with E-state index >= 15 is 0 Å². The molecule has 0 aliphatic rings. The van der Waals surface area contributed by atoms with E-state index in [1.54, 1.807) is 6.54 Å². The zero-order valence-electron chi connectivity index (χ0n) is 5.92. The molecule has 0 bridgehead atoms. The molecule has 0 heterocycles. The van der Waals surface area contributed by atoms with Crippen LogP contribution in [0, 0.1) is 13.5 Å². The summed E-state index contributed by atoms with van der Waals surface area (Å²) in [4.78, 5) is 4.77. The Balaban J connectivity index is -0.000000180. The van der Waals surface area contributed by atoms with E-state index in [4.69, 9.17) is 4.84 Å². The van der Waals surface area contributed by atoms with Gasteiger partial charge in [0.1, 0.15) is 0 Å². The molecule has 0 aliphatic carbocycles. The Morgan fingerprint density at radius 1 is 1.56 bits per heavy atom. The third-order valence-corrected chi connectivity index (χ3v) is 0.387. The molecule has 1 atom stereocenters. The summed E-state index contributed by atoms with van der Waals surface area (Å²) in [5.74, 6) is 0. The van der Waals surface area contributed by atoms with Gasteiger partial charge in [0, 0.05) is 65.4 Å². The summed E-state index contributed by atoms with van der Waals surface area (Å²) in [5.41, 5.74) is 2.56. The Morgan fingerprint density at radius 3 is 2.11 bits per heavy atom. The van der Waals surface area contributed by atoms with E-state index in [1.165, 1.54) is 0 Å². The predicted octanol–water partition coefficient (Wildman–Crippen LogP) is 0.907. The van der Waals surface area contributed by atoms with Crippen molar-refractivity contribution in [1.29, 1.82) is 0 Å². The third-order valence-electron chi connectivity index (χ3n) is 0.387. The smallest absolute Gasteiger partial charge is 0 e. The second-order valence-corrected chi connectivity index (χ2v) is 1.33. The van der Waals surface area contributed by atoms with Gasteiger partial charge in [0.15, 0.2) is 0 Å². The fourth-order valence-corrected chi connectivity index (χ4v) is 0.184. The molecule has 0 fully saturated rings. The standard InChI is InChI=1S/C5H11NO.2Y/c1-4-6-7-5(2)3;;/h4-6H,2H2,1,3H3;;/q-2;;/t5-;;/m1../s1. The van der Waals surface area contributed by atoms with Gasteiger partial charge in [-0.1, -0.05) is 13.0 Å². The minimum Gasteiger partial charge on any atom is -0.362 e. The van der Waals surface area contributed by atoms with Gasteiger partial charge in [-0.15, -0.1) is 0 Å². The van der Waals surface area contributed by atoms with E-state index in [2.05, 4.69) is 12.4 Å². The van der Waals surface area contributed by atoms with Crippen LogP contribution < -0.4 is 5.48 Å². The Kier molecular flexibility index (Phi) is 24.5. The molecule has 0 amide bonds. The summed E-state index contributed by atoms with van der Waals surface area (Å²) in [6.45, 7) is 8.99. The molecule has 2 radical (unpaired) electrons. The van der Waals surface area contributed by atoms with Crippen LogP contribution in [0.3, 0.4) is 0 Å². The molecule has 0 aromatic rings. The van der Waals surface area contributed by atoms with Crippen LogP contribution in [0.5, 0.6) is 0 Å². The average molecular weight is 279 g/mol. The topological polar surface area (TPSA) is 21.3 Å². The van der Waals surface area contributed by atoms with E-state index in [0.717, 1.165) is 0 Å². The van der Waals surface area contributed by atoms with Gasteiger partial charge in [0.2, 0.25) is 0 Å². The predicted molar refractivity (Wildman–Crippen MR) is 29.0 cm³/mol. The van der Waals surface area contributed by atoms with Crippen molar-refractivity contribution in [1.82, 2.24) is 5.48 Å². The molecule has 0 saturated carbocycles. The fraction of sp³-hybridized carbons (Fsp3) is 0.600. The molecule has 0 aromatic carbocycles. The maximum absolute atomic E-state index is 4.77. The van der Waals surface area contributed by atoms with Crippen LogP contribution in [-0.2, 0) is 70.3 Å². The Hall–Kier alpha value is 2.13. The first kappa shape index (κ1) is 17.3. The van der Waals surface area contributed by atoms with Gasteiger partial charge < -0.3 is 17.2 Å². The molecular weight excluding hydrogens is 268 g/mol. The van der Waals surface area contributed by atoms with Crippen molar-refractivity contribution < 1.29 is 70.3 Å². The average Bonchev–Trinajstić information content (AvgIpc) is 1.61. The van der Waals surface area contributed by atoms with Crippen LogP contribution in [0.4, 0.5) is 0 Å². The summed E-state index contributed by atoms with van der Waals surface area (Å²) < 4.78 is 0. The van der Waals surface area contributed by atoms with E-state index in [1.807, 2.05) is 13.8 Å². The summed E-state index contributed by atoms with van der Waals surface area (Å²) in [7, 11) is 0. The SMILES string of the molecule is [CH2-][C@H](C)ON[CH-]C.[Y].[Y]. The van der Waals surface area contributed by atoms with Gasteiger partial charge >= 0.3 is 0 Å². The Bertz CT molecular complexity index is 43.9. The van der Waals surface area contributed by atoms with Crippen molar-refractivity contribution in [3.05, 3.63) is 13.5 Å². The number of rotatable bonds is 3. The third kappa shape index (κ3) is 17.8. The second-order valence-electron chi connectivity index (χ2n) is 1.33. The molecule has 1 N–H and O–H groups in total. The van der Waals surface area contributed by atoms with Crippen molar-refractivity contribution >= 4 is 0 Å². The Labute approximate surface area is 108 Å². The van der Waals surface area contributed by atoms with Crippen molar-refractivity contribution in [3.8, 4) is 0 Å². The molecule has 0 unspecified atom stereocenters. The molecule has 0 aliphatic heterocycles. The van der Waals surface area contributed by atoms with Crippen molar-refractivity contribution in [2.24, 2.45) is 0 Å². The molecule has 0 rings (SSSR count). The quantitative estimate of drug-likeness (QED) is 0.612. The van der Waals surface area contributed by atoms with Crippen LogP contribution in [0.15, 0.2) is 0 Å². The first-order valence-electron chi connectivity index (χ1n) is 2.29. The minimum atomic E-state index is 0. The van der Waals surface area contributed by atoms with Crippen molar-refractivity contribution in [3.63, 3.8) is 0 Å². The van der Waals surface area contributed by atoms with Crippen LogP contribution >= 0.6 is 0 Å². The maximum atomic E-state index is 4.77. The molecular formula is C5H11NOY2-2. The second kappa shape index (κ2) is 12.8. The molecule has 2 nitrogen and oxygen atoms in total. The van der Waals surface area contributed by atoms with Crippen LogP contribution in [0.25, 0.3) is 0 Å². The number of nitrogens with one attached hydrogen (secondary N) is 1. The molecule has 0 spiro atoms. The van der Waals surface area contributed by atoms with Crippen LogP contribution in [0.1, 0.15) is 13.8 Å². The van der Waals surface area contributed by atoms with Crippen molar-refractivity contribution in [2.45, 2.75) is 20.0 Å². The summed E-state index contributed by atoms with van der Waals surface area (Å²) in [6, 6.07) is 0. The van der Waals surface area contributed by atoms with Gasteiger partial charge in [-0.05, 0) is 0 Å². The first-order chi connectivity index (χ1) is 3.27. The zero-order valence-corrected chi connectivity index (χ0v) is 11.6. The molecule has 4 heteroatoms. The van der Waals surface area contributed by atoms with E-state index in [9.17, 15) is 0 Å².